The summed E-state index contributed by atoms with van der Waals surface area (Å²) in [5.41, 5.74) is -0.610. The number of rotatable bonds is 16. The van der Waals surface area contributed by atoms with Gasteiger partial charge in [-0.1, -0.05) is 42.8 Å². The Balaban J connectivity index is 1.73. The van der Waals surface area contributed by atoms with Crippen molar-refractivity contribution >= 4 is 35.1 Å². The van der Waals surface area contributed by atoms with Crippen LogP contribution in [0.15, 0.2) is 43.5 Å². The van der Waals surface area contributed by atoms with E-state index in [4.69, 9.17) is 21.1 Å². The molecule has 4 rings (SSSR count). The zero-order chi connectivity index (χ0) is 30.5. The van der Waals surface area contributed by atoms with Crippen molar-refractivity contribution in [3.63, 3.8) is 0 Å². The SMILES string of the molecule is C=CCCCCOC(=O)[C@H]1[C@H]2C(=O)N(CCCCCO)C(C(=O)N(CC=C)c3c(C)cccc3Cl)C23CC[C@]1(CC)O3. The van der Waals surface area contributed by atoms with Crippen LogP contribution in [0.5, 0.6) is 0 Å². The van der Waals surface area contributed by atoms with Crippen molar-refractivity contribution in [2.75, 3.05) is 31.2 Å². The Kier molecular flexibility index (Phi) is 10.5. The number of unbranched alkanes of at least 4 members (excludes halogenated alkanes) is 4. The molecule has 3 fully saturated rings. The van der Waals surface area contributed by atoms with Gasteiger partial charge in [0.15, 0.2) is 0 Å². The number of allylic oxidation sites excluding steroid dienone is 1. The molecular formula is C33H45ClN2O6. The topological polar surface area (TPSA) is 96.4 Å². The Morgan fingerprint density at radius 2 is 1.98 bits per heavy atom. The number of likely N-dealkylation sites (tertiary alicyclic amines) is 1. The number of fused-ring (bicyclic) bond motifs is 1. The second-order valence-electron chi connectivity index (χ2n) is 11.7. The molecule has 1 aromatic carbocycles. The van der Waals surface area contributed by atoms with Crippen molar-refractivity contribution < 1.29 is 29.0 Å². The van der Waals surface area contributed by atoms with Gasteiger partial charge >= 0.3 is 5.97 Å². The maximum Gasteiger partial charge on any atom is 0.312 e. The number of carbonyl (C=O) groups excluding carboxylic acids is 3. The first-order chi connectivity index (χ1) is 20.2. The normalized spacial score (nSPS) is 27.7. The average molecular weight is 601 g/mol. The van der Waals surface area contributed by atoms with Crippen LogP contribution < -0.4 is 4.90 Å². The predicted octanol–water partition coefficient (Wildman–Crippen LogP) is 5.38. The molecule has 0 radical (unpaired) electrons. The van der Waals surface area contributed by atoms with Crippen molar-refractivity contribution in [2.24, 2.45) is 11.8 Å². The summed E-state index contributed by atoms with van der Waals surface area (Å²) in [5.74, 6) is -2.55. The number of nitrogens with zero attached hydrogens (tertiary/aromatic N) is 2. The third-order valence-electron chi connectivity index (χ3n) is 9.31. The highest BCUT2D eigenvalue weighted by molar-refractivity contribution is 6.34. The number of anilines is 1. The molecule has 1 spiro atoms. The average Bonchev–Trinajstić information content (AvgIpc) is 3.58. The Labute approximate surface area is 254 Å². The summed E-state index contributed by atoms with van der Waals surface area (Å²) in [6.45, 7) is 12.3. The van der Waals surface area contributed by atoms with Crippen LogP contribution in [0.25, 0.3) is 0 Å². The number of ether oxygens (including phenoxy) is 2. The van der Waals surface area contributed by atoms with Crippen LogP contribution in [0.4, 0.5) is 5.69 Å². The van der Waals surface area contributed by atoms with E-state index in [1.807, 2.05) is 32.1 Å². The van der Waals surface area contributed by atoms with Gasteiger partial charge in [-0.05, 0) is 76.3 Å². The maximum absolute atomic E-state index is 14.7. The third kappa shape index (κ3) is 5.65. The molecule has 0 saturated carbocycles. The first-order valence-corrected chi connectivity index (χ1v) is 15.7. The van der Waals surface area contributed by atoms with Crippen LogP contribution in [-0.4, -0.2) is 71.3 Å². The lowest BCUT2D eigenvalue weighted by molar-refractivity contribution is -0.161. The number of aliphatic hydroxyl groups excluding tert-OH is 1. The number of para-hydroxylation sites is 1. The maximum atomic E-state index is 14.7. The van der Waals surface area contributed by atoms with Gasteiger partial charge in [0.25, 0.3) is 5.91 Å². The van der Waals surface area contributed by atoms with Gasteiger partial charge in [0.2, 0.25) is 5.91 Å². The van der Waals surface area contributed by atoms with Crippen molar-refractivity contribution in [3.8, 4) is 0 Å². The summed E-state index contributed by atoms with van der Waals surface area (Å²) < 4.78 is 12.6. The van der Waals surface area contributed by atoms with Gasteiger partial charge in [0, 0.05) is 19.7 Å². The summed E-state index contributed by atoms with van der Waals surface area (Å²) in [5, 5.41) is 9.74. The summed E-state index contributed by atoms with van der Waals surface area (Å²) in [6, 6.07) is 4.53. The van der Waals surface area contributed by atoms with E-state index in [2.05, 4.69) is 13.2 Å². The number of aryl methyl sites for hydroxylation is 1. The van der Waals surface area contributed by atoms with Gasteiger partial charge in [-0.3, -0.25) is 14.4 Å². The van der Waals surface area contributed by atoms with E-state index in [0.29, 0.717) is 62.2 Å². The van der Waals surface area contributed by atoms with E-state index in [9.17, 15) is 19.5 Å². The van der Waals surface area contributed by atoms with Gasteiger partial charge < -0.3 is 24.4 Å². The van der Waals surface area contributed by atoms with Crippen molar-refractivity contribution in [3.05, 3.63) is 54.1 Å². The minimum Gasteiger partial charge on any atom is -0.465 e. The Morgan fingerprint density at radius 3 is 2.64 bits per heavy atom. The van der Waals surface area contributed by atoms with Crippen LogP contribution in [0.2, 0.25) is 5.02 Å². The fourth-order valence-electron chi connectivity index (χ4n) is 7.35. The smallest absolute Gasteiger partial charge is 0.312 e. The molecule has 0 aromatic heterocycles. The van der Waals surface area contributed by atoms with E-state index >= 15 is 0 Å². The zero-order valence-corrected chi connectivity index (χ0v) is 25.7. The van der Waals surface area contributed by atoms with Gasteiger partial charge in [-0.25, -0.2) is 0 Å². The Hall–Kier alpha value is -2.68. The highest BCUT2D eigenvalue weighted by Gasteiger charge is 2.79. The fourth-order valence-corrected chi connectivity index (χ4v) is 7.68. The van der Waals surface area contributed by atoms with Gasteiger partial charge in [-0.15, -0.1) is 13.2 Å². The minimum absolute atomic E-state index is 0.0601. The van der Waals surface area contributed by atoms with Crippen molar-refractivity contribution in [1.82, 2.24) is 4.90 Å². The lowest BCUT2D eigenvalue weighted by Gasteiger charge is -2.37. The molecule has 3 aliphatic heterocycles. The molecule has 9 heteroatoms. The molecule has 5 atom stereocenters. The monoisotopic (exact) mass is 600 g/mol. The number of aliphatic hydroxyl groups is 1. The van der Waals surface area contributed by atoms with Crippen LogP contribution >= 0.6 is 11.6 Å². The van der Waals surface area contributed by atoms with Crippen molar-refractivity contribution in [1.29, 1.82) is 0 Å². The molecule has 2 amide bonds. The summed E-state index contributed by atoms with van der Waals surface area (Å²) in [4.78, 5) is 46.0. The molecule has 3 heterocycles. The lowest BCUT2D eigenvalue weighted by atomic mass is 9.65. The summed E-state index contributed by atoms with van der Waals surface area (Å²) >= 11 is 6.64. The van der Waals surface area contributed by atoms with Gasteiger partial charge in [0.1, 0.15) is 17.6 Å². The van der Waals surface area contributed by atoms with Gasteiger partial charge in [0.05, 0.1) is 28.8 Å². The molecule has 3 saturated heterocycles. The van der Waals surface area contributed by atoms with E-state index < -0.39 is 35.0 Å². The molecule has 1 aromatic rings. The molecule has 230 valence electrons. The molecule has 0 aliphatic carbocycles. The Bertz CT molecular complexity index is 1170. The van der Waals surface area contributed by atoms with Crippen molar-refractivity contribution in [2.45, 2.75) is 88.9 Å². The highest BCUT2D eigenvalue weighted by Crippen LogP contribution is 2.64. The van der Waals surface area contributed by atoms with Crippen LogP contribution in [0.3, 0.4) is 0 Å². The highest BCUT2D eigenvalue weighted by atomic mass is 35.5. The molecule has 8 nitrogen and oxygen atoms in total. The summed E-state index contributed by atoms with van der Waals surface area (Å²) in [6.07, 6.45) is 9.41. The number of benzene rings is 1. The van der Waals surface area contributed by atoms with E-state index in [-0.39, 0.29) is 31.6 Å². The molecule has 2 bridgehead atoms. The minimum atomic E-state index is -1.15. The van der Waals surface area contributed by atoms with Crippen LogP contribution in [0.1, 0.15) is 70.3 Å². The molecule has 1 N–H and O–H groups in total. The first kappa shape index (κ1) is 32.2. The van der Waals surface area contributed by atoms with Crippen LogP contribution in [0, 0.1) is 18.8 Å². The number of hydrogen-bond donors (Lipinski definition) is 1. The third-order valence-corrected chi connectivity index (χ3v) is 9.61. The fraction of sp³-hybridized carbons (Fsp3) is 0.606. The molecule has 2 unspecified atom stereocenters. The zero-order valence-electron chi connectivity index (χ0n) is 25.0. The summed E-state index contributed by atoms with van der Waals surface area (Å²) in [7, 11) is 0. The Morgan fingerprint density at radius 1 is 1.19 bits per heavy atom. The number of esters is 1. The number of halogens is 1. The first-order valence-electron chi connectivity index (χ1n) is 15.3. The van der Waals surface area contributed by atoms with Crippen LogP contribution in [-0.2, 0) is 23.9 Å². The molecular weight excluding hydrogens is 556 g/mol. The van der Waals surface area contributed by atoms with E-state index in [1.54, 1.807) is 21.9 Å². The second kappa shape index (κ2) is 13.7. The quantitative estimate of drug-likeness (QED) is 0.155. The lowest BCUT2D eigenvalue weighted by Crippen LogP contribution is -2.56. The van der Waals surface area contributed by atoms with E-state index in [0.717, 1.165) is 18.4 Å². The van der Waals surface area contributed by atoms with E-state index in [1.165, 1.54) is 0 Å². The molecule has 3 aliphatic rings. The number of amides is 2. The molecule has 42 heavy (non-hydrogen) atoms. The number of carbonyl (C=O) groups is 3. The van der Waals surface area contributed by atoms with Gasteiger partial charge in [-0.2, -0.15) is 0 Å². The largest absolute Gasteiger partial charge is 0.465 e. The standard InChI is InChI=1S/C33H45ClN2O6/c1-5-8-9-13-22-41-31(40)26-25-29(38)36(20-11-10-12-21-37)28(33(25)18-17-32(26,7-3)42-33)30(39)35(19-6-2)27-23(4)15-14-16-24(27)34/h5-6,14-16,25-26,28,37H,1-2,7-13,17-22H2,3-4H3/t25-,26+,28?,32-,33?/m0/s1. The number of hydrogen-bond acceptors (Lipinski definition) is 6. The second-order valence-corrected chi connectivity index (χ2v) is 12.2. The predicted molar refractivity (Wildman–Crippen MR) is 163 cm³/mol.